The average molecular weight is 259 g/mol. The number of piperidine rings is 1. The maximum atomic E-state index is 12.4. The fourth-order valence-corrected chi connectivity index (χ4v) is 2.40. The van der Waals surface area contributed by atoms with Gasteiger partial charge >= 0.3 is 0 Å². The Labute approximate surface area is 114 Å². The Kier molecular flexibility index (Phi) is 4.55. The molecular formula is C15H21N3O. The van der Waals surface area contributed by atoms with Crippen molar-refractivity contribution in [3.63, 3.8) is 0 Å². The first kappa shape index (κ1) is 13.6. The molecule has 102 valence electrons. The second kappa shape index (κ2) is 6.36. The Bertz CT molecular complexity index is 458. The fourth-order valence-electron chi connectivity index (χ4n) is 2.40. The maximum absolute atomic E-state index is 12.4. The van der Waals surface area contributed by atoms with Crippen LogP contribution in [-0.2, 0) is 0 Å². The molecule has 0 spiro atoms. The average Bonchev–Trinajstić information content (AvgIpc) is 2.44. The molecule has 19 heavy (non-hydrogen) atoms. The highest BCUT2D eigenvalue weighted by Crippen LogP contribution is 2.18. The first-order valence-electron chi connectivity index (χ1n) is 6.80. The van der Waals surface area contributed by atoms with Gasteiger partial charge in [-0.1, -0.05) is 13.0 Å². The molecule has 1 aliphatic heterocycles. The molecule has 0 radical (unpaired) electrons. The van der Waals surface area contributed by atoms with Crippen LogP contribution in [0.3, 0.4) is 0 Å². The van der Waals surface area contributed by atoms with Gasteiger partial charge in [-0.25, -0.2) is 0 Å². The molecule has 1 N–H and O–H groups in total. The zero-order valence-corrected chi connectivity index (χ0v) is 11.4. The van der Waals surface area contributed by atoms with E-state index in [0.29, 0.717) is 18.0 Å². The number of hydrogen-bond acceptors (Lipinski definition) is 3. The molecule has 1 aromatic rings. The molecule has 0 bridgehead atoms. The van der Waals surface area contributed by atoms with Gasteiger partial charge in [0, 0.05) is 32.0 Å². The Hall–Kier alpha value is -1.84. The number of carbonyl (C=O) groups is 1. The zero-order valence-electron chi connectivity index (χ0n) is 11.4. The smallest absolute Gasteiger partial charge is 0.255 e. The normalized spacial score (nSPS) is 19.0. The van der Waals surface area contributed by atoms with Crippen molar-refractivity contribution < 1.29 is 4.79 Å². The zero-order chi connectivity index (χ0) is 13.7. The van der Waals surface area contributed by atoms with Gasteiger partial charge in [0.25, 0.3) is 5.91 Å². The van der Waals surface area contributed by atoms with Crippen molar-refractivity contribution in [3.8, 4) is 0 Å². The minimum atomic E-state index is 0.0845. The van der Waals surface area contributed by atoms with E-state index in [9.17, 15) is 4.79 Å². The van der Waals surface area contributed by atoms with Crippen molar-refractivity contribution in [3.05, 3.63) is 36.7 Å². The summed E-state index contributed by atoms with van der Waals surface area (Å²) in [5.41, 5.74) is 1.51. The molecule has 1 saturated heterocycles. The van der Waals surface area contributed by atoms with Crippen LogP contribution in [0.15, 0.2) is 31.1 Å². The Morgan fingerprint density at radius 1 is 1.63 bits per heavy atom. The van der Waals surface area contributed by atoms with Gasteiger partial charge in [-0.05, 0) is 24.8 Å². The van der Waals surface area contributed by atoms with Crippen LogP contribution in [-0.4, -0.2) is 35.4 Å². The third-order valence-electron chi connectivity index (χ3n) is 3.38. The standard InChI is InChI=1S/C15H21N3O/c1-3-6-17-14-8-13(9-16-10-14)15(19)18-7-4-5-12(2)11-18/h3,8-10,12,17H,1,4-7,11H2,2H3. The maximum Gasteiger partial charge on any atom is 0.255 e. The van der Waals surface area contributed by atoms with Crippen molar-refractivity contribution in [2.75, 3.05) is 25.0 Å². The monoisotopic (exact) mass is 259 g/mol. The van der Waals surface area contributed by atoms with Gasteiger partial charge in [0.05, 0.1) is 11.3 Å². The number of nitrogens with zero attached hydrogens (tertiary/aromatic N) is 2. The molecule has 2 heterocycles. The number of anilines is 1. The highest BCUT2D eigenvalue weighted by atomic mass is 16.2. The minimum Gasteiger partial charge on any atom is -0.380 e. The summed E-state index contributed by atoms with van der Waals surface area (Å²) in [5, 5.41) is 3.15. The van der Waals surface area contributed by atoms with Crippen molar-refractivity contribution >= 4 is 11.6 Å². The number of likely N-dealkylation sites (tertiary alicyclic amines) is 1. The van der Waals surface area contributed by atoms with Crippen molar-refractivity contribution in [2.45, 2.75) is 19.8 Å². The van der Waals surface area contributed by atoms with Gasteiger partial charge in [0.1, 0.15) is 0 Å². The van der Waals surface area contributed by atoms with E-state index >= 15 is 0 Å². The number of rotatable bonds is 4. The van der Waals surface area contributed by atoms with Crippen LogP contribution in [0, 0.1) is 5.92 Å². The van der Waals surface area contributed by atoms with Crippen LogP contribution in [0.1, 0.15) is 30.1 Å². The molecule has 1 fully saturated rings. The van der Waals surface area contributed by atoms with E-state index in [1.165, 1.54) is 6.42 Å². The van der Waals surface area contributed by atoms with Crippen LogP contribution in [0.2, 0.25) is 0 Å². The lowest BCUT2D eigenvalue weighted by Crippen LogP contribution is -2.39. The first-order chi connectivity index (χ1) is 9.20. The number of hydrogen-bond donors (Lipinski definition) is 1. The van der Waals surface area contributed by atoms with Crippen LogP contribution in [0.25, 0.3) is 0 Å². The van der Waals surface area contributed by atoms with E-state index in [1.54, 1.807) is 18.5 Å². The summed E-state index contributed by atoms with van der Waals surface area (Å²) >= 11 is 0. The number of nitrogens with one attached hydrogen (secondary N) is 1. The summed E-state index contributed by atoms with van der Waals surface area (Å²) in [6, 6.07) is 1.86. The second-order valence-corrected chi connectivity index (χ2v) is 5.13. The lowest BCUT2D eigenvalue weighted by atomic mass is 10.00. The van der Waals surface area contributed by atoms with E-state index < -0.39 is 0 Å². The summed E-state index contributed by atoms with van der Waals surface area (Å²) in [4.78, 5) is 18.5. The van der Waals surface area contributed by atoms with Crippen molar-refractivity contribution in [1.82, 2.24) is 9.88 Å². The molecule has 2 rings (SSSR count). The van der Waals surface area contributed by atoms with E-state index in [2.05, 4.69) is 23.8 Å². The third kappa shape index (κ3) is 3.56. The SMILES string of the molecule is C=CCNc1cncc(C(=O)N2CCCC(C)C2)c1. The summed E-state index contributed by atoms with van der Waals surface area (Å²) in [6.07, 6.45) is 7.44. The van der Waals surface area contributed by atoms with Crippen LogP contribution in [0.5, 0.6) is 0 Å². The van der Waals surface area contributed by atoms with E-state index in [-0.39, 0.29) is 5.91 Å². The predicted molar refractivity (Wildman–Crippen MR) is 77.2 cm³/mol. The summed E-state index contributed by atoms with van der Waals surface area (Å²) in [6.45, 7) is 8.22. The Morgan fingerprint density at radius 2 is 2.47 bits per heavy atom. The number of aromatic nitrogens is 1. The quantitative estimate of drug-likeness (QED) is 0.845. The molecule has 1 unspecified atom stereocenters. The molecule has 1 aromatic heterocycles. The second-order valence-electron chi connectivity index (χ2n) is 5.13. The number of carbonyl (C=O) groups excluding carboxylic acids is 1. The van der Waals surface area contributed by atoms with Gasteiger partial charge in [-0.3, -0.25) is 9.78 Å². The molecule has 1 atom stereocenters. The molecule has 1 aliphatic rings. The van der Waals surface area contributed by atoms with Crippen molar-refractivity contribution in [2.24, 2.45) is 5.92 Å². The highest BCUT2D eigenvalue weighted by molar-refractivity contribution is 5.94. The van der Waals surface area contributed by atoms with Crippen LogP contribution in [0.4, 0.5) is 5.69 Å². The molecule has 0 aromatic carbocycles. The largest absolute Gasteiger partial charge is 0.380 e. The fraction of sp³-hybridized carbons (Fsp3) is 0.467. The molecule has 4 heteroatoms. The number of amides is 1. The van der Waals surface area contributed by atoms with Gasteiger partial charge < -0.3 is 10.2 Å². The molecule has 0 aliphatic carbocycles. The van der Waals surface area contributed by atoms with Gasteiger partial charge in [0.2, 0.25) is 0 Å². The summed E-state index contributed by atoms with van der Waals surface area (Å²) < 4.78 is 0. The van der Waals surface area contributed by atoms with Crippen LogP contribution >= 0.6 is 0 Å². The lowest BCUT2D eigenvalue weighted by Gasteiger charge is -2.31. The van der Waals surface area contributed by atoms with Crippen molar-refractivity contribution in [1.29, 1.82) is 0 Å². The van der Waals surface area contributed by atoms with E-state index in [4.69, 9.17) is 0 Å². The molecule has 1 amide bonds. The topological polar surface area (TPSA) is 45.2 Å². The van der Waals surface area contributed by atoms with Crippen LogP contribution < -0.4 is 5.32 Å². The predicted octanol–water partition coefficient (Wildman–Crippen LogP) is 2.55. The van der Waals surface area contributed by atoms with Gasteiger partial charge in [0.15, 0.2) is 0 Å². The molecule has 0 saturated carbocycles. The van der Waals surface area contributed by atoms with E-state index in [1.807, 2.05) is 11.0 Å². The highest BCUT2D eigenvalue weighted by Gasteiger charge is 2.22. The third-order valence-corrected chi connectivity index (χ3v) is 3.38. The van der Waals surface area contributed by atoms with Gasteiger partial charge in [-0.15, -0.1) is 6.58 Å². The summed E-state index contributed by atoms with van der Waals surface area (Å²) in [5.74, 6) is 0.675. The Balaban J connectivity index is 2.07. The van der Waals surface area contributed by atoms with Gasteiger partial charge in [-0.2, -0.15) is 0 Å². The minimum absolute atomic E-state index is 0.0845. The first-order valence-corrected chi connectivity index (χ1v) is 6.80. The summed E-state index contributed by atoms with van der Waals surface area (Å²) in [7, 11) is 0. The molecule has 4 nitrogen and oxygen atoms in total. The molecular weight excluding hydrogens is 238 g/mol. The lowest BCUT2D eigenvalue weighted by molar-refractivity contribution is 0.0682. The van der Waals surface area contributed by atoms with E-state index in [0.717, 1.165) is 25.2 Å². The Morgan fingerprint density at radius 3 is 3.21 bits per heavy atom. The number of pyridine rings is 1.